The molecule has 0 spiro atoms. The van der Waals surface area contributed by atoms with E-state index in [1.54, 1.807) is 4.90 Å². The van der Waals surface area contributed by atoms with E-state index in [9.17, 15) is 9.90 Å². The molecule has 0 aliphatic carbocycles. The molecule has 0 saturated carbocycles. The van der Waals surface area contributed by atoms with Crippen LogP contribution in [0.5, 0.6) is 5.75 Å². The van der Waals surface area contributed by atoms with Gasteiger partial charge in [0.15, 0.2) is 0 Å². The topological polar surface area (TPSA) is 95.9 Å². The second kappa shape index (κ2) is 21.8. The number of hydrogen-bond acceptors (Lipinski definition) is 8. The zero-order valence-corrected chi connectivity index (χ0v) is 33.0. The van der Waals surface area contributed by atoms with Gasteiger partial charge in [-0.05, 0) is 51.9 Å². The van der Waals surface area contributed by atoms with Crippen LogP contribution in [0.15, 0.2) is 176 Å². The number of benzene rings is 6. The van der Waals surface area contributed by atoms with E-state index in [0.29, 0.717) is 31.9 Å². The first kappa shape index (κ1) is 41.4. The van der Waals surface area contributed by atoms with Crippen molar-refractivity contribution in [3.05, 3.63) is 209 Å². The summed E-state index contributed by atoms with van der Waals surface area (Å²) in [6.45, 7) is 2.06. The van der Waals surface area contributed by atoms with Gasteiger partial charge in [-0.25, -0.2) is 4.79 Å². The SMILES string of the molecule is O=C(OCc1ccccc1)N(CCc1ccc(O[C@@H]2O[C@H](COCc3ccccc3)[C@H](O)[C@H](OCc3ccccc3)[C@H]2OCc2ccccc2)cc1)Cc1ccccc1. The van der Waals surface area contributed by atoms with Crippen LogP contribution in [-0.2, 0) is 63.1 Å². The normalized spacial score (nSPS) is 18.8. The summed E-state index contributed by atoms with van der Waals surface area (Å²) in [6, 6.07) is 56.8. The molecule has 1 aliphatic heterocycles. The lowest BCUT2D eigenvalue weighted by atomic mass is 9.98. The molecular formula is C50H51NO8. The number of aliphatic hydroxyl groups excluding tert-OH is 1. The smallest absolute Gasteiger partial charge is 0.410 e. The Morgan fingerprint density at radius 3 is 1.56 bits per heavy atom. The Morgan fingerprint density at radius 1 is 0.542 bits per heavy atom. The second-order valence-corrected chi connectivity index (χ2v) is 14.5. The summed E-state index contributed by atoms with van der Waals surface area (Å²) in [5.74, 6) is 0.553. The molecular weight excluding hydrogens is 743 g/mol. The van der Waals surface area contributed by atoms with Crippen molar-refractivity contribution in [1.82, 2.24) is 4.90 Å². The highest BCUT2D eigenvalue weighted by molar-refractivity contribution is 5.67. The molecule has 1 aliphatic rings. The summed E-state index contributed by atoms with van der Waals surface area (Å²) in [5, 5.41) is 11.8. The van der Waals surface area contributed by atoms with E-state index in [4.69, 9.17) is 28.4 Å². The molecule has 1 N–H and O–H groups in total. The van der Waals surface area contributed by atoms with Gasteiger partial charge in [0.1, 0.15) is 36.8 Å². The summed E-state index contributed by atoms with van der Waals surface area (Å²) >= 11 is 0. The molecule has 9 nitrogen and oxygen atoms in total. The van der Waals surface area contributed by atoms with Gasteiger partial charge in [0.05, 0.1) is 26.4 Å². The Labute approximate surface area is 346 Å². The largest absolute Gasteiger partial charge is 0.462 e. The van der Waals surface area contributed by atoms with E-state index in [1.165, 1.54) is 0 Å². The van der Waals surface area contributed by atoms with Crippen LogP contribution in [0.25, 0.3) is 0 Å². The minimum atomic E-state index is -1.07. The van der Waals surface area contributed by atoms with Crippen LogP contribution < -0.4 is 4.74 Å². The molecule has 1 heterocycles. The zero-order chi connectivity index (χ0) is 40.5. The summed E-state index contributed by atoms with van der Waals surface area (Å²) in [4.78, 5) is 15.1. The summed E-state index contributed by atoms with van der Waals surface area (Å²) in [7, 11) is 0. The molecule has 0 unspecified atom stereocenters. The van der Waals surface area contributed by atoms with Crippen molar-refractivity contribution in [2.24, 2.45) is 0 Å². The minimum absolute atomic E-state index is 0.110. The van der Waals surface area contributed by atoms with Crippen LogP contribution in [0.2, 0.25) is 0 Å². The maximum absolute atomic E-state index is 13.4. The van der Waals surface area contributed by atoms with Gasteiger partial charge < -0.3 is 38.4 Å². The van der Waals surface area contributed by atoms with Crippen LogP contribution in [0.4, 0.5) is 4.79 Å². The van der Waals surface area contributed by atoms with Gasteiger partial charge in [-0.3, -0.25) is 0 Å². The molecule has 59 heavy (non-hydrogen) atoms. The minimum Gasteiger partial charge on any atom is -0.462 e. The fourth-order valence-corrected chi connectivity index (χ4v) is 6.87. The van der Waals surface area contributed by atoms with E-state index in [-0.39, 0.29) is 32.5 Å². The van der Waals surface area contributed by atoms with Crippen LogP contribution >= 0.6 is 0 Å². The van der Waals surface area contributed by atoms with Crippen molar-refractivity contribution in [1.29, 1.82) is 0 Å². The highest BCUT2D eigenvalue weighted by atomic mass is 16.7. The summed E-state index contributed by atoms with van der Waals surface area (Å²) in [5.41, 5.74) is 5.90. The first-order valence-electron chi connectivity index (χ1n) is 20.1. The van der Waals surface area contributed by atoms with Gasteiger partial charge in [0, 0.05) is 13.1 Å². The van der Waals surface area contributed by atoms with Crippen LogP contribution in [0.3, 0.4) is 0 Å². The molecule has 9 heteroatoms. The number of rotatable bonds is 19. The van der Waals surface area contributed by atoms with Crippen molar-refractivity contribution in [2.75, 3.05) is 13.2 Å². The molecule has 6 aromatic rings. The number of ether oxygens (including phenoxy) is 6. The molecule has 304 valence electrons. The van der Waals surface area contributed by atoms with Crippen LogP contribution in [0, 0.1) is 0 Å². The number of carbonyl (C=O) groups is 1. The lowest BCUT2D eigenvalue weighted by Gasteiger charge is -2.44. The van der Waals surface area contributed by atoms with Gasteiger partial charge in [-0.2, -0.15) is 0 Å². The van der Waals surface area contributed by atoms with Gasteiger partial charge >= 0.3 is 6.09 Å². The third-order valence-electron chi connectivity index (χ3n) is 10.1. The number of carbonyl (C=O) groups excluding carboxylic acids is 1. The monoisotopic (exact) mass is 793 g/mol. The maximum Gasteiger partial charge on any atom is 0.410 e. The van der Waals surface area contributed by atoms with Crippen molar-refractivity contribution in [3.8, 4) is 5.75 Å². The predicted octanol–water partition coefficient (Wildman–Crippen LogP) is 8.92. The Balaban J connectivity index is 1.06. The molecule has 1 amide bonds. The van der Waals surface area contributed by atoms with Gasteiger partial charge in [0.2, 0.25) is 6.29 Å². The highest BCUT2D eigenvalue weighted by Crippen LogP contribution is 2.30. The Morgan fingerprint density at radius 2 is 1.02 bits per heavy atom. The quantitative estimate of drug-likeness (QED) is 0.0870. The zero-order valence-electron chi connectivity index (χ0n) is 33.0. The molecule has 0 aromatic heterocycles. The lowest BCUT2D eigenvalue weighted by Crippen LogP contribution is -2.61. The average molecular weight is 794 g/mol. The number of nitrogens with zero attached hydrogens (tertiary/aromatic N) is 1. The van der Waals surface area contributed by atoms with E-state index in [1.807, 2.05) is 176 Å². The Hall–Kier alpha value is -5.81. The van der Waals surface area contributed by atoms with Crippen molar-refractivity contribution in [2.45, 2.75) is 70.1 Å². The molecule has 1 fully saturated rings. The standard InChI is InChI=1S/C50H51NO8/c52-46-45(37-54-33-40-18-8-2-9-19-40)59-49(48(56-35-42-22-12-4-13-23-42)47(46)55-34-41-20-10-3-11-21-41)58-44-28-26-38(27-29-44)30-31-51(32-39-16-6-1-7-17-39)50(53)57-36-43-24-14-5-15-25-43/h1-29,45-49,52H,30-37H2/t45-,46+,47+,48-,49-/m1/s1. The van der Waals surface area contributed by atoms with Crippen molar-refractivity contribution >= 4 is 6.09 Å². The first-order valence-corrected chi connectivity index (χ1v) is 20.1. The predicted molar refractivity (Wildman–Crippen MR) is 225 cm³/mol. The Kier molecular flexibility index (Phi) is 15.3. The first-order chi connectivity index (χ1) is 29.1. The summed E-state index contributed by atoms with van der Waals surface area (Å²) < 4.78 is 37.9. The van der Waals surface area contributed by atoms with Crippen molar-refractivity contribution in [3.63, 3.8) is 0 Å². The Bertz CT molecular complexity index is 2090. The van der Waals surface area contributed by atoms with E-state index in [0.717, 1.165) is 33.4 Å². The fourth-order valence-electron chi connectivity index (χ4n) is 6.87. The van der Waals surface area contributed by atoms with Gasteiger partial charge in [0.25, 0.3) is 0 Å². The van der Waals surface area contributed by atoms with Crippen LogP contribution in [-0.4, -0.2) is 60.0 Å². The lowest BCUT2D eigenvalue weighted by molar-refractivity contribution is -0.301. The van der Waals surface area contributed by atoms with Crippen LogP contribution in [0.1, 0.15) is 33.4 Å². The molecule has 0 radical (unpaired) electrons. The van der Waals surface area contributed by atoms with E-state index < -0.39 is 30.7 Å². The molecule has 7 rings (SSSR count). The maximum atomic E-state index is 13.4. The third-order valence-corrected chi connectivity index (χ3v) is 10.1. The average Bonchev–Trinajstić information content (AvgIpc) is 3.29. The molecule has 1 saturated heterocycles. The third kappa shape index (κ3) is 12.6. The second-order valence-electron chi connectivity index (χ2n) is 14.5. The van der Waals surface area contributed by atoms with E-state index >= 15 is 0 Å². The number of aliphatic hydroxyl groups is 1. The molecule has 5 atom stereocenters. The molecule has 0 bridgehead atoms. The number of hydrogen-bond donors (Lipinski definition) is 1. The van der Waals surface area contributed by atoms with Crippen molar-refractivity contribution < 1.29 is 38.3 Å². The van der Waals surface area contributed by atoms with Gasteiger partial charge in [-0.15, -0.1) is 0 Å². The highest BCUT2D eigenvalue weighted by Gasteiger charge is 2.48. The van der Waals surface area contributed by atoms with Gasteiger partial charge in [-0.1, -0.05) is 164 Å². The fraction of sp³-hybridized carbons (Fsp3) is 0.260. The van der Waals surface area contributed by atoms with E-state index in [2.05, 4.69) is 0 Å². The molecule has 6 aromatic carbocycles. The number of amides is 1. The summed E-state index contributed by atoms with van der Waals surface area (Å²) in [6.07, 6.45) is -4.17.